The first-order valence-corrected chi connectivity index (χ1v) is 7.77. The van der Waals surface area contributed by atoms with Crippen molar-refractivity contribution in [3.8, 4) is 0 Å². The maximum Gasteiger partial charge on any atom is 0.0704 e. The van der Waals surface area contributed by atoms with Gasteiger partial charge in [0.05, 0.1) is 12.2 Å². The van der Waals surface area contributed by atoms with Gasteiger partial charge in [0.1, 0.15) is 0 Å². The number of ether oxygens (including phenoxy) is 1. The van der Waals surface area contributed by atoms with Crippen molar-refractivity contribution in [3.05, 3.63) is 0 Å². The monoisotopic (exact) mass is 269 g/mol. The molecule has 2 aliphatic heterocycles. The highest BCUT2D eigenvalue weighted by atomic mass is 16.5. The summed E-state index contributed by atoms with van der Waals surface area (Å²) in [5.74, 6) is 0. The van der Waals surface area contributed by atoms with Gasteiger partial charge in [-0.2, -0.15) is 0 Å². The number of likely N-dealkylation sites (N-methyl/N-ethyl adjacent to an activating group) is 1. The van der Waals surface area contributed by atoms with Gasteiger partial charge in [-0.15, -0.1) is 0 Å². The van der Waals surface area contributed by atoms with E-state index < -0.39 is 0 Å². The quantitative estimate of drug-likeness (QED) is 0.811. The van der Waals surface area contributed by atoms with Crippen LogP contribution in [0.25, 0.3) is 0 Å². The molecule has 4 heteroatoms. The molecule has 0 bridgehead atoms. The molecule has 0 spiro atoms. The fourth-order valence-corrected chi connectivity index (χ4v) is 3.10. The molecule has 2 unspecified atom stereocenters. The number of hydrogen-bond acceptors (Lipinski definition) is 4. The predicted molar refractivity (Wildman–Crippen MR) is 79.6 cm³/mol. The molecule has 2 fully saturated rings. The second-order valence-corrected chi connectivity index (χ2v) is 6.88. The van der Waals surface area contributed by atoms with E-state index in [2.05, 4.69) is 42.9 Å². The number of hydrogen-bond donors (Lipinski definition) is 1. The summed E-state index contributed by atoms with van der Waals surface area (Å²) in [6.45, 7) is 13.7. The molecule has 2 aliphatic rings. The standard InChI is InChI=1S/C15H31N3O/c1-13-5-6-14(19-13)11-16-12-15(2,3)18-9-7-17(4)8-10-18/h13-14,16H,5-12H2,1-4H3. The fourth-order valence-electron chi connectivity index (χ4n) is 3.10. The molecule has 0 saturated carbocycles. The summed E-state index contributed by atoms with van der Waals surface area (Å²) in [5.41, 5.74) is 0.242. The topological polar surface area (TPSA) is 27.7 Å². The second kappa shape index (κ2) is 6.53. The van der Waals surface area contributed by atoms with Crippen molar-refractivity contribution in [2.45, 2.75) is 51.4 Å². The first kappa shape index (κ1) is 15.2. The van der Waals surface area contributed by atoms with Crippen molar-refractivity contribution in [1.29, 1.82) is 0 Å². The number of nitrogens with zero attached hydrogens (tertiary/aromatic N) is 2. The summed E-state index contributed by atoms with van der Waals surface area (Å²) < 4.78 is 5.85. The van der Waals surface area contributed by atoms with Gasteiger partial charge in [-0.1, -0.05) is 0 Å². The summed E-state index contributed by atoms with van der Waals surface area (Å²) in [7, 11) is 2.21. The summed E-state index contributed by atoms with van der Waals surface area (Å²) in [6, 6.07) is 0. The van der Waals surface area contributed by atoms with Crippen LogP contribution in [-0.2, 0) is 4.74 Å². The molecule has 0 aliphatic carbocycles. The highest BCUT2D eigenvalue weighted by molar-refractivity contribution is 4.87. The molecule has 2 atom stereocenters. The third-order valence-corrected chi connectivity index (χ3v) is 4.61. The number of nitrogens with one attached hydrogen (secondary N) is 1. The summed E-state index contributed by atoms with van der Waals surface area (Å²) >= 11 is 0. The molecule has 0 amide bonds. The average molecular weight is 269 g/mol. The lowest BCUT2D eigenvalue weighted by molar-refractivity contribution is 0.0432. The van der Waals surface area contributed by atoms with Crippen LogP contribution in [0.3, 0.4) is 0 Å². The van der Waals surface area contributed by atoms with Gasteiger partial charge in [0.15, 0.2) is 0 Å². The van der Waals surface area contributed by atoms with Crippen molar-refractivity contribution < 1.29 is 4.74 Å². The normalized spacial score (nSPS) is 30.9. The number of piperazine rings is 1. The lowest BCUT2D eigenvalue weighted by Crippen LogP contribution is -2.57. The van der Waals surface area contributed by atoms with Crippen LogP contribution in [-0.4, -0.2) is 73.9 Å². The Kier molecular flexibility index (Phi) is 5.23. The third-order valence-electron chi connectivity index (χ3n) is 4.61. The van der Waals surface area contributed by atoms with Crippen LogP contribution in [0.5, 0.6) is 0 Å². The predicted octanol–water partition coefficient (Wildman–Crippen LogP) is 1.17. The zero-order valence-corrected chi connectivity index (χ0v) is 13.1. The lowest BCUT2D eigenvalue weighted by Gasteiger charge is -2.43. The minimum Gasteiger partial charge on any atom is -0.374 e. The van der Waals surface area contributed by atoms with Gasteiger partial charge >= 0.3 is 0 Å². The van der Waals surface area contributed by atoms with Gasteiger partial charge < -0.3 is 15.0 Å². The van der Waals surface area contributed by atoms with Gasteiger partial charge in [-0.3, -0.25) is 4.90 Å². The van der Waals surface area contributed by atoms with Crippen LogP contribution in [0.4, 0.5) is 0 Å². The molecule has 4 nitrogen and oxygen atoms in total. The largest absolute Gasteiger partial charge is 0.374 e. The smallest absolute Gasteiger partial charge is 0.0704 e. The van der Waals surface area contributed by atoms with Crippen molar-refractivity contribution in [3.63, 3.8) is 0 Å². The summed E-state index contributed by atoms with van der Waals surface area (Å²) in [5, 5.41) is 3.62. The Morgan fingerprint density at radius 1 is 1.16 bits per heavy atom. The minimum atomic E-state index is 0.242. The molecule has 2 rings (SSSR count). The molecule has 0 aromatic heterocycles. The molecular weight excluding hydrogens is 238 g/mol. The lowest BCUT2D eigenvalue weighted by atomic mass is 10.0. The molecule has 112 valence electrons. The third kappa shape index (κ3) is 4.42. The zero-order chi connectivity index (χ0) is 13.9. The highest BCUT2D eigenvalue weighted by Crippen LogP contribution is 2.19. The van der Waals surface area contributed by atoms with E-state index in [1.54, 1.807) is 0 Å². The first-order chi connectivity index (χ1) is 8.97. The van der Waals surface area contributed by atoms with Crippen LogP contribution < -0.4 is 5.32 Å². The Bertz CT molecular complexity index is 275. The molecule has 1 N–H and O–H groups in total. The Morgan fingerprint density at radius 3 is 2.42 bits per heavy atom. The summed E-state index contributed by atoms with van der Waals surface area (Å²) in [4.78, 5) is 5.02. The molecule has 19 heavy (non-hydrogen) atoms. The van der Waals surface area contributed by atoms with Crippen molar-refractivity contribution in [2.24, 2.45) is 0 Å². The molecule has 2 heterocycles. The van der Waals surface area contributed by atoms with Gasteiger partial charge in [0.2, 0.25) is 0 Å². The van der Waals surface area contributed by atoms with E-state index in [-0.39, 0.29) is 5.54 Å². The Balaban J connectivity index is 1.68. The van der Waals surface area contributed by atoms with E-state index in [0.29, 0.717) is 12.2 Å². The van der Waals surface area contributed by atoms with E-state index in [9.17, 15) is 0 Å². The SMILES string of the molecule is CC1CCC(CNCC(C)(C)N2CCN(C)CC2)O1. The van der Waals surface area contributed by atoms with Crippen molar-refractivity contribution in [1.82, 2.24) is 15.1 Å². The fraction of sp³-hybridized carbons (Fsp3) is 1.00. The van der Waals surface area contributed by atoms with Gasteiger partial charge in [0.25, 0.3) is 0 Å². The maximum atomic E-state index is 5.85. The van der Waals surface area contributed by atoms with Crippen molar-refractivity contribution >= 4 is 0 Å². The van der Waals surface area contributed by atoms with Crippen LogP contribution >= 0.6 is 0 Å². The zero-order valence-electron chi connectivity index (χ0n) is 13.1. The van der Waals surface area contributed by atoms with Crippen molar-refractivity contribution in [2.75, 3.05) is 46.3 Å². The Labute approximate surface area is 118 Å². The molecule has 0 radical (unpaired) electrons. The first-order valence-electron chi connectivity index (χ1n) is 7.77. The van der Waals surface area contributed by atoms with Gasteiger partial charge in [-0.05, 0) is 40.7 Å². The van der Waals surface area contributed by atoms with E-state index in [4.69, 9.17) is 4.74 Å². The molecule has 2 saturated heterocycles. The number of rotatable bonds is 5. The van der Waals surface area contributed by atoms with E-state index in [1.807, 2.05) is 0 Å². The minimum absolute atomic E-state index is 0.242. The molecular formula is C15H31N3O. The highest BCUT2D eigenvalue weighted by Gasteiger charge is 2.29. The van der Waals surface area contributed by atoms with Crippen LogP contribution in [0.15, 0.2) is 0 Å². The second-order valence-electron chi connectivity index (χ2n) is 6.88. The average Bonchev–Trinajstić information content (AvgIpc) is 2.75. The Hall–Kier alpha value is -0.160. The van der Waals surface area contributed by atoms with E-state index in [0.717, 1.165) is 13.1 Å². The summed E-state index contributed by atoms with van der Waals surface area (Å²) in [6.07, 6.45) is 3.31. The molecule has 0 aromatic carbocycles. The van der Waals surface area contributed by atoms with Crippen LogP contribution in [0.1, 0.15) is 33.6 Å². The van der Waals surface area contributed by atoms with Gasteiger partial charge in [0, 0.05) is 44.8 Å². The Morgan fingerprint density at radius 2 is 1.84 bits per heavy atom. The van der Waals surface area contributed by atoms with E-state index >= 15 is 0 Å². The maximum absolute atomic E-state index is 5.85. The van der Waals surface area contributed by atoms with Crippen LogP contribution in [0, 0.1) is 0 Å². The molecule has 0 aromatic rings. The van der Waals surface area contributed by atoms with E-state index in [1.165, 1.54) is 39.0 Å². The van der Waals surface area contributed by atoms with Crippen LogP contribution in [0.2, 0.25) is 0 Å². The van der Waals surface area contributed by atoms with Gasteiger partial charge in [-0.25, -0.2) is 0 Å².